The Kier molecular flexibility index (Phi) is 5.28. The highest BCUT2D eigenvalue weighted by molar-refractivity contribution is 5.68. The molecule has 1 aromatic carbocycles. The molecule has 3 nitrogen and oxygen atoms in total. The lowest BCUT2D eigenvalue weighted by Gasteiger charge is -2.27. The number of carbonyl (C=O) groups is 1. The molecule has 120 valence electrons. The van der Waals surface area contributed by atoms with E-state index < -0.39 is 5.60 Å². The molecule has 0 heterocycles. The van der Waals surface area contributed by atoms with Crippen LogP contribution in [0, 0.1) is 0 Å². The Morgan fingerprint density at radius 1 is 1.27 bits per heavy atom. The van der Waals surface area contributed by atoms with Gasteiger partial charge in [0.15, 0.2) is 0 Å². The fourth-order valence-electron chi connectivity index (χ4n) is 2.77. The molecule has 0 aliphatic heterocycles. The minimum absolute atomic E-state index is 0.251. The molecule has 0 bridgehead atoms. The Hall–Kier alpha value is -1.77. The first-order chi connectivity index (χ1) is 10.3. The largest absolute Gasteiger partial charge is 0.444 e. The quantitative estimate of drug-likeness (QED) is 0.754. The van der Waals surface area contributed by atoms with Crippen LogP contribution in [0.25, 0.3) is 0 Å². The number of ether oxygens (including phenoxy) is 1. The fourth-order valence-corrected chi connectivity index (χ4v) is 2.77. The van der Waals surface area contributed by atoms with Gasteiger partial charge in [-0.15, -0.1) is 0 Å². The summed E-state index contributed by atoms with van der Waals surface area (Å²) in [4.78, 5) is 13.7. The number of likely N-dealkylation sites (N-methyl/N-ethyl adjacent to an activating group) is 1. The minimum atomic E-state index is -0.440. The third-order valence-electron chi connectivity index (χ3n) is 3.92. The van der Waals surface area contributed by atoms with Gasteiger partial charge in [-0.25, -0.2) is 4.79 Å². The summed E-state index contributed by atoms with van der Waals surface area (Å²) in [6.45, 7) is 6.34. The monoisotopic (exact) mass is 301 g/mol. The maximum atomic E-state index is 12.0. The molecule has 1 atom stereocenters. The zero-order valence-corrected chi connectivity index (χ0v) is 14.1. The van der Waals surface area contributed by atoms with Crippen LogP contribution in [0.2, 0.25) is 0 Å². The van der Waals surface area contributed by atoms with Crippen LogP contribution in [0.1, 0.15) is 51.5 Å². The van der Waals surface area contributed by atoms with Gasteiger partial charge in [0, 0.05) is 13.6 Å². The van der Waals surface area contributed by atoms with E-state index in [0.29, 0.717) is 12.5 Å². The Morgan fingerprint density at radius 3 is 2.50 bits per heavy atom. The Labute approximate surface area is 134 Å². The van der Waals surface area contributed by atoms with Crippen LogP contribution in [0.3, 0.4) is 0 Å². The number of rotatable bonds is 3. The standard InChI is InChI=1S/C19H27NO2/c1-19(2,3)22-18(21)20(4)14-15-10-12-17(13-11-15)16-8-6-5-7-9-16/h5-10,17H,11-14H2,1-4H3. The molecular formula is C19H27NO2. The number of hydrogen-bond acceptors (Lipinski definition) is 2. The summed E-state index contributed by atoms with van der Waals surface area (Å²) in [6.07, 6.45) is 5.30. The first kappa shape index (κ1) is 16.6. The smallest absolute Gasteiger partial charge is 0.410 e. The average Bonchev–Trinajstić information content (AvgIpc) is 2.47. The van der Waals surface area contributed by atoms with E-state index in [1.165, 1.54) is 11.1 Å². The highest BCUT2D eigenvalue weighted by Crippen LogP contribution is 2.32. The molecule has 1 aliphatic carbocycles. The molecule has 0 radical (unpaired) electrons. The Morgan fingerprint density at radius 2 is 1.95 bits per heavy atom. The molecule has 22 heavy (non-hydrogen) atoms. The molecule has 3 heteroatoms. The third kappa shape index (κ3) is 4.90. The summed E-state index contributed by atoms with van der Waals surface area (Å²) < 4.78 is 5.39. The number of amides is 1. The van der Waals surface area contributed by atoms with E-state index >= 15 is 0 Å². The zero-order valence-electron chi connectivity index (χ0n) is 14.1. The lowest BCUT2D eigenvalue weighted by Crippen LogP contribution is -2.35. The first-order valence-electron chi connectivity index (χ1n) is 8.02. The fraction of sp³-hybridized carbons (Fsp3) is 0.526. The summed E-state index contributed by atoms with van der Waals surface area (Å²) in [5.74, 6) is 0.608. The van der Waals surface area contributed by atoms with E-state index in [-0.39, 0.29) is 6.09 Å². The molecule has 0 saturated heterocycles. The Balaban J connectivity index is 1.88. The van der Waals surface area contributed by atoms with Gasteiger partial charge in [-0.3, -0.25) is 0 Å². The molecular weight excluding hydrogens is 274 g/mol. The minimum Gasteiger partial charge on any atom is -0.444 e. The predicted molar refractivity (Wildman–Crippen MR) is 90.0 cm³/mol. The van der Waals surface area contributed by atoms with Gasteiger partial charge in [-0.2, -0.15) is 0 Å². The maximum Gasteiger partial charge on any atom is 0.410 e. The highest BCUT2D eigenvalue weighted by atomic mass is 16.6. The first-order valence-corrected chi connectivity index (χ1v) is 8.02. The van der Waals surface area contributed by atoms with Crippen LogP contribution in [0.15, 0.2) is 42.0 Å². The van der Waals surface area contributed by atoms with Crippen molar-refractivity contribution in [1.82, 2.24) is 4.90 Å². The van der Waals surface area contributed by atoms with Crippen molar-refractivity contribution in [3.8, 4) is 0 Å². The molecule has 1 amide bonds. The highest BCUT2D eigenvalue weighted by Gasteiger charge is 2.22. The van der Waals surface area contributed by atoms with Gasteiger partial charge in [0.25, 0.3) is 0 Å². The second-order valence-corrected chi connectivity index (χ2v) is 7.08. The average molecular weight is 301 g/mol. The molecule has 0 fully saturated rings. The van der Waals surface area contributed by atoms with Crippen LogP contribution in [0.4, 0.5) is 4.79 Å². The van der Waals surface area contributed by atoms with Gasteiger partial charge in [0.1, 0.15) is 5.60 Å². The van der Waals surface area contributed by atoms with Gasteiger partial charge >= 0.3 is 6.09 Å². The van der Waals surface area contributed by atoms with Crippen LogP contribution in [-0.2, 0) is 4.74 Å². The van der Waals surface area contributed by atoms with E-state index in [1.807, 2.05) is 20.8 Å². The van der Waals surface area contributed by atoms with E-state index in [0.717, 1.165) is 19.3 Å². The van der Waals surface area contributed by atoms with Crippen molar-refractivity contribution in [2.45, 2.75) is 51.6 Å². The maximum absolute atomic E-state index is 12.0. The van der Waals surface area contributed by atoms with Crippen LogP contribution < -0.4 is 0 Å². The van der Waals surface area contributed by atoms with Crippen molar-refractivity contribution in [2.75, 3.05) is 13.6 Å². The van der Waals surface area contributed by atoms with Gasteiger partial charge < -0.3 is 9.64 Å². The van der Waals surface area contributed by atoms with Gasteiger partial charge in [-0.05, 0) is 51.5 Å². The molecule has 2 rings (SSSR count). The molecule has 0 spiro atoms. The van der Waals surface area contributed by atoms with Crippen molar-refractivity contribution in [1.29, 1.82) is 0 Å². The predicted octanol–water partition coefficient (Wildman–Crippen LogP) is 4.75. The zero-order chi connectivity index (χ0) is 16.2. The van der Waals surface area contributed by atoms with E-state index in [1.54, 1.807) is 11.9 Å². The summed E-state index contributed by atoms with van der Waals surface area (Å²) in [5, 5.41) is 0. The van der Waals surface area contributed by atoms with Gasteiger partial charge in [-0.1, -0.05) is 42.0 Å². The van der Waals surface area contributed by atoms with Crippen molar-refractivity contribution in [3.63, 3.8) is 0 Å². The number of nitrogens with zero attached hydrogens (tertiary/aromatic N) is 1. The van der Waals surface area contributed by atoms with Crippen LogP contribution >= 0.6 is 0 Å². The topological polar surface area (TPSA) is 29.5 Å². The van der Waals surface area contributed by atoms with Crippen molar-refractivity contribution in [3.05, 3.63) is 47.5 Å². The molecule has 1 aromatic rings. The summed E-state index contributed by atoms with van der Waals surface area (Å²) in [5.41, 5.74) is 2.31. The lowest BCUT2D eigenvalue weighted by atomic mass is 9.84. The van der Waals surface area contributed by atoms with E-state index in [2.05, 4.69) is 36.4 Å². The van der Waals surface area contributed by atoms with Crippen LogP contribution in [-0.4, -0.2) is 30.2 Å². The van der Waals surface area contributed by atoms with Crippen LogP contribution in [0.5, 0.6) is 0 Å². The number of hydrogen-bond donors (Lipinski definition) is 0. The van der Waals surface area contributed by atoms with Crippen molar-refractivity contribution >= 4 is 6.09 Å². The number of allylic oxidation sites excluding steroid dienone is 1. The SMILES string of the molecule is CN(CC1=CCC(c2ccccc2)CC1)C(=O)OC(C)(C)C. The van der Waals surface area contributed by atoms with Crippen molar-refractivity contribution in [2.24, 2.45) is 0 Å². The van der Waals surface area contributed by atoms with Crippen molar-refractivity contribution < 1.29 is 9.53 Å². The molecule has 1 unspecified atom stereocenters. The summed E-state index contributed by atoms with van der Waals surface area (Å²) in [6, 6.07) is 10.7. The van der Waals surface area contributed by atoms with Gasteiger partial charge in [0.2, 0.25) is 0 Å². The molecule has 0 aromatic heterocycles. The van der Waals surface area contributed by atoms with E-state index in [9.17, 15) is 4.79 Å². The normalized spacial score (nSPS) is 18.5. The lowest BCUT2D eigenvalue weighted by molar-refractivity contribution is 0.0312. The summed E-state index contributed by atoms with van der Waals surface area (Å²) in [7, 11) is 1.80. The summed E-state index contributed by atoms with van der Waals surface area (Å²) >= 11 is 0. The van der Waals surface area contributed by atoms with E-state index in [4.69, 9.17) is 4.74 Å². The molecule has 0 N–H and O–H groups in total. The molecule has 1 aliphatic rings. The Bertz CT molecular complexity index is 528. The number of carbonyl (C=O) groups excluding carboxylic acids is 1. The second-order valence-electron chi connectivity index (χ2n) is 7.08. The van der Waals surface area contributed by atoms with Gasteiger partial charge in [0.05, 0.1) is 0 Å². The third-order valence-corrected chi connectivity index (χ3v) is 3.92. The number of benzene rings is 1. The second kappa shape index (κ2) is 6.99. The molecule has 0 saturated carbocycles.